The van der Waals surface area contributed by atoms with Crippen LogP contribution in [-0.2, 0) is 19.6 Å². The summed E-state index contributed by atoms with van der Waals surface area (Å²) in [5.41, 5.74) is 6.19. The van der Waals surface area contributed by atoms with Gasteiger partial charge in [-0.1, -0.05) is 77.5 Å². The van der Waals surface area contributed by atoms with Gasteiger partial charge >= 0.3 is 29.6 Å². The number of amidine groups is 1. The van der Waals surface area contributed by atoms with Crippen molar-refractivity contribution < 1.29 is 29.6 Å². The molecule has 0 saturated heterocycles. The molecule has 5 nitrogen and oxygen atoms in total. The summed E-state index contributed by atoms with van der Waals surface area (Å²) in [7, 11) is 0. The van der Waals surface area contributed by atoms with E-state index < -0.39 is 0 Å². The molecule has 0 aliphatic carbocycles. The van der Waals surface area contributed by atoms with Gasteiger partial charge in [-0.2, -0.15) is 0 Å². The Bertz CT molecular complexity index is 1050. The number of hydrogen-bond acceptors (Lipinski definition) is 3. The number of unbranched alkanes of at least 4 members (excludes halogenated alkanes) is 1. The predicted octanol–water partition coefficient (Wildman–Crippen LogP) is 2.94. The molecule has 1 heterocycles. The van der Waals surface area contributed by atoms with E-state index in [-0.39, 0.29) is 29.6 Å². The fourth-order valence-electron chi connectivity index (χ4n) is 4.35. The van der Waals surface area contributed by atoms with E-state index in [1.165, 1.54) is 16.7 Å². The first kappa shape index (κ1) is 31.0. The van der Waals surface area contributed by atoms with Gasteiger partial charge in [-0.3, -0.25) is 5.10 Å². The molecule has 0 aliphatic rings. The molecule has 35 heavy (non-hydrogen) atoms. The molecule has 1 N–H and O–H groups in total. The van der Waals surface area contributed by atoms with Crippen molar-refractivity contribution in [2.24, 2.45) is 10.2 Å². The third-order valence-electron chi connectivity index (χ3n) is 6.10. The fraction of sp³-hybridized carbons (Fsp3) is 0.448. The maximum atomic E-state index is 4.39. The second-order valence-corrected chi connectivity index (χ2v) is 9.52. The second kappa shape index (κ2) is 15.1. The van der Waals surface area contributed by atoms with Crippen molar-refractivity contribution >= 4 is 25.7 Å². The first-order valence-corrected chi connectivity index (χ1v) is 12.2. The van der Waals surface area contributed by atoms with Gasteiger partial charge in [0.1, 0.15) is 0 Å². The van der Waals surface area contributed by atoms with E-state index in [0.717, 1.165) is 54.3 Å². The van der Waals surface area contributed by atoms with Gasteiger partial charge in [-0.05, 0) is 73.5 Å². The number of aromatic nitrogens is 1. The Kier molecular flexibility index (Phi) is 13.4. The molecule has 2 aromatic rings. The van der Waals surface area contributed by atoms with E-state index in [2.05, 4.69) is 104 Å². The Hall–Kier alpha value is -2.08. The summed E-state index contributed by atoms with van der Waals surface area (Å²) < 4.78 is 2.32. The number of allylic oxidation sites excluding steroid dienone is 1. The average molecular weight is 484 g/mol. The molecule has 0 saturated carbocycles. The number of hydrogen-bond donors (Lipinski definition) is 1. The van der Waals surface area contributed by atoms with Crippen LogP contribution in [0.25, 0.3) is 18.5 Å². The monoisotopic (exact) mass is 483 g/mol. The zero-order chi connectivity index (χ0) is 25.3. The molecule has 2 rings (SSSR count). The number of nitrogens with one attached hydrogen (secondary N) is 1. The van der Waals surface area contributed by atoms with Crippen LogP contribution in [0.15, 0.2) is 46.7 Å². The van der Waals surface area contributed by atoms with Crippen LogP contribution in [-0.4, -0.2) is 17.1 Å². The normalized spacial score (nSPS) is 11.5. The van der Waals surface area contributed by atoms with Crippen LogP contribution >= 0.6 is 0 Å². The minimum absolute atomic E-state index is 0. The quantitative estimate of drug-likeness (QED) is 0.154. The van der Waals surface area contributed by atoms with Crippen LogP contribution in [0.1, 0.15) is 88.0 Å². The smallest absolute Gasteiger partial charge is 0.463 e. The van der Waals surface area contributed by atoms with Crippen LogP contribution in [0.2, 0.25) is 0 Å². The molecule has 0 amide bonds. The second-order valence-electron chi connectivity index (χ2n) is 9.52. The SMILES string of the molecule is C=N/N=C(/C)[N-]Cc1ccc(CNC(=C)CCCCn2c(=C)c(C(C)C)c(C(C)C)c2=C)cc1.[Na+]. The van der Waals surface area contributed by atoms with Gasteiger partial charge in [0, 0.05) is 29.5 Å². The maximum Gasteiger partial charge on any atom is 1.00 e. The zero-order valence-electron chi connectivity index (χ0n) is 22.8. The van der Waals surface area contributed by atoms with Gasteiger partial charge in [0.05, 0.1) is 0 Å². The van der Waals surface area contributed by atoms with Crippen molar-refractivity contribution in [3.63, 3.8) is 0 Å². The van der Waals surface area contributed by atoms with E-state index in [1.807, 2.05) is 6.92 Å². The Morgan fingerprint density at radius 2 is 1.51 bits per heavy atom. The topological polar surface area (TPSA) is 55.8 Å². The standard InChI is InChI=1S/C29H42N5.Na/c1-20(2)28-23(6)34(24(7)29(28)21(3)4)17-11-10-12-22(5)31-18-26-13-15-27(16-14-26)19-32-25(8)33-30-9;/h13-16,20-21,31H,5-7,9-12,17-19H2,1-4,8H3;/q-1;+1. The minimum Gasteiger partial charge on any atom is -0.463 e. The molecule has 0 fully saturated rings. The van der Waals surface area contributed by atoms with E-state index in [1.54, 1.807) is 0 Å². The van der Waals surface area contributed by atoms with Crippen LogP contribution in [0.5, 0.6) is 0 Å². The third kappa shape index (κ3) is 9.14. The van der Waals surface area contributed by atoms with Crippen molar-refractivity contribution in [1.29, 1.82) is 0 Å². The average Bonchev–Trinajstić information content (AvgIpc) is 3.05. The van der Waals surface area contributed by atoms with E-state index in [4.69, 9.17) is 0 Å². The molecule has 6 heteroatoms. The molecule has 184 valence electrons. The fourth-order valence-corrected chi connectivity index (χ4v) is 4.35. The van der Waals surface area contributed by atoms with Gasteiger partial charge in [0.2, 0.25) is 0 Å². The Balaban J connectivity index is 0.00000612. The van der Waals surface area contributed by atoms with Gasteiger partial charge in [-0.25, -0.2) is 0 Å². The molecule has 0 unspecified atom stereocenters. The summed E-state index contributed by atoms with van der Waals surface area (Å²) >= 11 is 0. The minimum atomic E-state index is 0. The van der Waals surface area contributed by atoms with Crippen molar-refractivity contribution in [3.8, 4) is 0 Å². The maximum absolute atomic E-state index is 4.39. The van der Waals surface area contributed by atoms with Crippen molar-refractivity contribution in [3.05, 3.63) is 74.8 Å². The largest absolute Gasteiger partial charge is 1.00 e. The van der Waals surface area contributed by atoms with Crippen molar-refractivity contribution in [1.82, 2.24) is 9.88 Å². The van der Waals surface area contributed by atoms with Gasteiger partial charge < -0.3 is 20.3 Å². The summed E-state index contributed by atoms with van der Waals surface area (Å²) in [6.07, 6.45) is 3.12. The molecule has 0 spiro atoms. The molecule has 1 aromatic heterocycles. The molecule has 0 atom stereocenters. The van der Waals surface area contributed by atoms with Gasteiger partial charge in [0.25, 0.3) is 0 Å². The first-order valence-electron chi connectivity index (χ1n) is 12.2. The first-order chi connectivity index (χ1) is 16.1. The van der Waals surface area contributed by atoms with Crippen LogP contribution in [0.3, 0.4) is 0 Å². The summed E-state index contributed by atoms with van der Waals surface area (Å²) in [5.74, 6) is 1.56. The van der Waals surface area contributed by atoms with Crippen LogP contribution in [0, 0.1) is 0 Å². The third-order valence-corrected chi connectivity index (χ3v) is 6.10. The van der Waals surface area contributed by atoms with Crippen molar-refractivity contribution in [2.45, 2.75) is 85.4 Å². The van der Waals surface area contributed by atoms with Crippen LogP contribution < -0.4 is 45.6 Å². The van der Waals surface area contributed by atoms with Crippen molar-refractivity contribution in [2.75, 3.05) is 0 Å². The summed E-state index contributed by atoms with van der Waals surface area (Å²) in [6, 6.07) is 8.44. The number of rotatable bonds is 13. The van der Waals surface area contributed by atoms with Crippen LogP contribution in [0.4, 0.5) is 0 Å². The zero-order valence-corrected chi connectivity index (χ0v) is 24.8. The Morgan fingerprint density at radius 3 is 2.03 bits per heavy atom. The summed E-state index contributed by atoms with van der Waals surface area (Å²) in [6.45, 7) is 29.5. The molecular formula is C29H42N5Na. The molecule has 0 bridgehead atoms. The molecule has 0 aliphatic heterocycles. The number of benzene rings is 1. The van der Waals surface area contributed by atoms with E-state index >= 15 is 0 Å². The number of nitrogens with zero attached hydrogens (tertiary/aromatic N) is 4. The Labute approximate surface area is 234 Å². The summed E-state index contributed by atoms with van der Waals surface area (Å²) in [4.78, 5) is 0. The molecule has 1 aromatic carbocycles. The summed E-state index contributed by atoms with van der Waals surface area (Å²) in [5, 5.41) is 17.4. The molecular weight excluding hydrogens is 441 g/mol. The van der Waals surface area contributed by atoms with Gasteiger partial charge in [-0.15, -0.1) is 0 Å². The van der Waals surface area contributed by atoms with E-state index in [9.17, 15) is 0 Å². The van der Waals surface area contributed by atoms with Gasteiger partial charge in [0.15, 0.2) is 0 Å². The molecule has 0 radical (unpaired) electrons. The van der Waals surface area contributed by atoms with E-state index in [0.29, 0.717) is 24.2 Å². The predicted molar refractivity (Wildman–Crippen MR) is 149 cm³/mol. The Morgan fingerprint density at radius 1 is 0.971 bits per heavy atom.